The van der Waals surface area contributed by atoms with Gasteiger partial charge >= 0.3 is 18.2 Å². The number of hydrogen-bond donors (Lipinski definition) is 3. The average molecular weight is 242 g/mol. The van der Waals surface area contributed by atoms with Crippen molar-refractivity contribution in [3.63, 3.8) is 0 Å². The maximum absolute atomic E-state index is 12.2. The number of carbonyl (C=O) groups excluding carboxylic acids is 1. The maximum Gasteiger partial charge on any atom is 0.408 e. The van der Waals surface area contributed by atoms with Gasteiger partial charge in [0.1, 0.15) is 6.04 Å². The Morgan fingerprint density at radius 3 is 2.31 bits per heavy atom. The molecule has 0 aliphatic carbocycles. The van der Waals surface area contributed by atoms with E-state index in [4.69, 9.17) is 5.11 Å². The van der Waals surface area contributed by atoms with Crippen molar-refractivity contribution < 1.29 is 27.9 Å². The standard InChI is InChI=1S/C8H13F3N2O3/c1-2-5(8(9,10)11)13-7(16)12-4-3-6(14)15/h5H,2-4H2,1H3,(H,14,15)(H2,12,13,16)/t5-/m0/s1. The van der Waals surface area contributed by atoms with Gasteiger partial charge in [0.15, 0.2) is 0 Å². The van der Waals surface area contributed by atoms with Crippen LogP contribution >= 0.6 is 0 Å². The van der Waals surface area contributed by atoms with Crippen molar-refractivity contribution in [1.29, 1.82) is 0 Å². The zero-order valence-corrected chi connectivity index (χ0v) is 8.60. The highest BCUT2D eigenvalue weighted by atomic mass is 19.4. The number of hydrogen-bond acceptors (Lipinski definition) is 2. The van der Waals surface area contributed by atoms with E-state index in [-0.39, 0.29) is 19.4 Å². The normalized spacial score (nSPS) is 13.0. The molecule has 5 nitrogen and oxygen atoms in total. The molecule has 16 heavy (non-hydrogen) atoms. The highest BCUT2D eigenvalue weighted by Gasteiger charge is 2.39. The Kier molecular flexibility index (Phi) is 5.62. The predicted octanol–water partition coefficient (Wildman–Crippen LogP) is 1.10. The number of carboxylic acid groups (broad SMARTS) is 1. The molecule has 0 rings (SSSR count). The van der Waals surface area contributed by atoms with Crippen molar-refractivity contribution in [3.05, 3.63) is 0 Å². The number of carboxylic acids is 1. The Balaban J connectivity index is 3.98. The number of urea groups is 1. The fourth-order valence-electron chi connectivity index (χ4n) is 0.908. The second-order valence-corrected chi connectivity index (χ2v) is 3.05. The summed E-state index contributed by atoms with van der Waals surface area (Å²) in [6.07, 6.45) is -5.12. The zero-order valence-electron chi connectivity index (χ0n) is 8.60. The molecule has 2 amide bonds. The fourth-order valence-corrected chi connectivity index (χ4v) is 0.908. The van der Waals surface area contributed by atoms with Gasteiger partial charge in [0.25, 0.3) is 0 Å². The van der Waals surface area contributed by atoms with Crippen molar-refractivity contribution in [2.75, 3.05) is 6.54 Å². The molecule has 0 aromatic heterocycles. The van der Waals surface area contributed by atoms with Gasteiger partial charge in [0.2, 0.25) is 0 Å². The summed E-state index contributed by atoms with van der Waals surface area (Å²) < 4.78 is 36.6. The van der Waals surface area contributed by atoms with Crippen molar-refractivity contribution in [2.45, 2.75) is 32.0 Å². The number of halogens is 3. The Morgan fingerprint density at radius 1 is 1.38 bits per heavy atom. The van der Waals surface area contributed by atoms with Crippen LogP contribution in [0.5, 0.6) is 0 Å². The predicted molar refractivity (Wildman–Crippen MR) is 48.9 cm³/mol. The molecule has 0 aromatic carbocycles. The maximum atomic E-state index is 12.2. The molecular formula is C8H13F3N2O3. The van der Waals surface area contributed by atoms with Gasteiger partial charge in [-0.2, -0.15) is 13.2 Å². The number of rotatable bonds is 5. The minimum atomic E-state index is -4.50. The van der Waals surface area contributed by atoms with Crippen molar-refractivity contribution >= 4 is 12.0 Å². The van der Waals surface area contributed by atoms with Gasteiger partial charge in [0.05, 0.1) is 6.42 Å². The summed E-state index contributed by atoms with van der Waals surface area (Å²) in [5.74, 6) is -1.14. The lowest BCUT2D eigenvalue weighted by Gasteiger charge is -2.20. The van der Waals surface area contributed by atoms with Gasteiger partial charge in [-0.15, -0.1) is 0 Å². The van der Waals surface area contributed by atoms with Crippen LogP contribution in [0.3, 0.4) is 0 Å². The summed E-state index contributed by atoms with van der Waals surface area (Å²) in [5, 5.41) is 12.0. The second-order valence-electron chi connectivity index (χ2n) is 3.05. The van der Waals surface area contributed by atoms with E-state index in [1.165, 1.54) is 6.92 Å². The topological polar surface area (TPSA) is 78.4 Å². The van der Waals surface area contributed by atoms with Gasteiger partial charge < -0.3 is 15.7 Å². The molecule has 0 aliphatic heterocycles. The van der Waals surface area contributed by atoms with E-state index in [9.17, 15) is 22.8 Å². The van der Waals surface area contributed by atoms with Crippen molar-refractivity contribution in [3.8, 4) is 0 Å². The Bertz CT molecular complexity index is 255. The summed E-state index contributed by atoms with van der Waals surface area (Å²) in [7, 11) is 0. The molecular weight excluding hydrogens is 229 g/mol. The van der Waals surface area contributed by atoms with Crippen LogP contribution in [0.15, 0.2) is 0 Å². The first kappa shape index (κ1) is 14.5. The van der Waals surface area contributed by atoms with Crippen LogP contribution in [0.4, 0.5) is 18.0 Å². The molecule has 0 fully saturated rings. The number of alkyl halides is 3. The molecule has 0 saturated carbocycles. The Hall–Kier alpha value is -1.47. The molecule has 8 heteroatoms. The molecule has 94 valence electrons. The summed E-state index contributed by atoms with van der Waals surface area (Å²) in [6, 6.07) is -2.94. The minimum absolute atomic E-state index is 0.213. The molecule has 0 aromatic rings. The molecule has 0 spiro atoms. The Labute approximate surface area is 90.0 Å². The van der Waals surface area contributed by atoms with Crippen LogP contribution in [0.2, 0.25) is 0 Å². The first-order chi connectivity index (χ1) is 7.27. The number of nitrogens with one attached hydrogen (secondary N) is 2. The van der Waals surface area contributed by atoms with E-state index < -0.39 is 24.2 Å². The number of carbonyl (C=O) groups is 2. The molecule has 0 saturated heterocycles. The molecule has 0 aliphatic rings. The molecule has 0 unspecified atom stereocenters. The van der Waals surface area contributed by atoms with Crippen LogP contribution in [-0.2, 0) is 4.79 Å². The lowest BCUT2D eigenvalue weighted by atomic mass is 10.2. The summed E-state index contributed by atoms with van der Waals surface area (Å²) >= 11 is 0. The minimum Gasteiger partial charge on any atom is -0.481 e. The van der Waals surface area contributed by atoms with Gasteiger partial charge in [-0.25, -0.2) is 4.79 Å². The molecule has 1 atom stereocenters. The van der Waals surface area contributed by atoms with Crippen LogP contribution in [0, 0.1) is 0 Å². The van der Waals surface area contributed by atoms with Gasteiger partial charge in [0, 0.05) is 6.54 Å². The van der Waals surface area contributed by atoms with Crippen molar-refractivity contribution in [1.82, 2.24) is 10.6 Å². The third kappa shape index (κ3) is 6.10. The highest BCUT2D eigenvalue weighted by molar-refractivity contribution is 5.75. The lowest BCUT2D eigenvalue weighted by Crippen LogP contribution is -2.49. The Morgan fingerprint density at radius 2 is 1.94 bits per heavy atom. The quantitative estimate of drug-likeness (QED) is 0.675. The van der Waals surface area contributed by atoms with E-state index in [0.717, 1.165) is 0 Å². The average Bonchev–Trinajstić information content (AvgIpc) is 2.11. The largest absolute Gasteiger partial charge is 0.481 e. The number of amides is 2. The number of aliphatic carboxylic acids is 1. The zero-order chi connectivity index (χ0) is 12.8. The van der Waals surface area contributed by atoms with Gasteiger partial charge in [-0.1, -0.05) is 6.92 Å². The monoisotopic (exact) mass is 242 g/mol. The van der Waals surface area contributed by atoms with Crippen LogP contribution in [0.1, 0.15) is 19.8 Å². The highest BCUT2D eigenvalue weighted by Crippen LogP contribution is 2.21. The van der Waals surface area contributed by atoms with E-state index in [0.29, 0.717) is 0 Å². The van der Waals surface area contributed by atoms with Crippen LogP contribution in [-0.4, -0.2) is 35.9 Å². The van der Waals surface area contributed by atoms with Crippen molar-refractivity contribution in [2.24, 2.45) is 0 Å². The smallest absolute Gasteiger partial charge is 0.408 e. The van der Waals surface area contributed by atoms with Gasteiger partial charge in [-0.3, -0.25) is 4.79 Å². The second kappa shape index (κ2) is 6.19. The molecule has 0 heterocycles. The fraction of sp³-hybridized carbons (Fsp3) is 0.750. The van der Waals surface area contributed by atoms with Gasteiger partial charge in [-0.05, 0) is 6.42 Å². The SMILES string of the molecule is CC[C@H](NC(=O)NCCC(=O)O)C(F)(F)F. The third-order valence-electron chi connectivity index (χ3n) is 1.73. The first-order valence-electron chi connectivity index (χ1n) is 4.60. The van der Waals surface area contributed by atoms with E-state index in [1.54, 1.807) is 5.32 Å². The summed E-state index contributed by atoms with van der Waals surface area (Å²) in [5.41, 5.74) is 0. The summed E-state index contributed by atoms with van der Waals surface area (Å²) in [4.78, 5) is 21.0. The molecule has 3 N–H and O–H groups in total. The van der Waals surface area contributed by atoms with E-state index >= 15 is 0 Å². The molecule has 0 radical (unpaired) electrons. The molecule has 0 bridgehead atoms. The van der Waals surface area contributed by atoms with E-state index in [2.05, 4.69) is 0 Å². The van der Waals surface area contributed by atoms with Crippen LogP contribution < -0.4 is 10.6 Å². The summed E-state index contributed by atoms with van der Waals surface area (Å²) in [6.45, 7) is 1.07. The van der Waals surface area contributed by atoms with Crippen LogP contribution in [0.25, 0.3) is 0 Å². The third-order valence-corrected chi connectivity index (χ3v) is 1.73. The lowest BCUT2D eigenvalue weighted by molar-refractivity contribution is -0.153. The van der Waals surface area contributed by atoms with E-state index in [1.807, 2.05) is 5.32 Å². The first-order valence-corrected chi connectivity index (χ1v) is 4.60.